The molecular weight excluding hydrogens is 272 g/mol. The molecule has 0 aromatic carbocycles. The van der Waals surface area contributed by atoms with Crippen LogP contribution in [-0.2, 0) is 5.54 Å². The van der Waals surface area contributed by atoms with Gasteiger partial charge in [-0.05, 0) is 25.0 Å². The highest BCUT2D eigenvalue weighted by molar-refractivity contribution is 7.19. The normalized spacial score (nSPS) is 18.7. The van der Waals surface area contributed by atoms with Gasteiger partial charge in [-0.2, -0.15) is 0 Å². The van der Waals surface area contributed by atoms with Gasteiger partial charge in [0, 0.05) is 5.38 Å². The van der Waals surface area contributed by atoms with Gasteiger partial charge in [0.1, 0.15) is 5.01 Å². The summed E-state index contributed by atoms with van der Waals surface area (Å²) in [4.78, 5) is 5.82. The lowest BCUT2D eigenvalue weighted by Gasteiger charge is -2.19. The largest absolute Gasteiger partial charge is 0.319 e. The van der Waals surface area contributed by atoms with E-state index in [1.165, 1.54) is 12.8 Å². The molecule has 0 amide bonds. The third-order valence-corrected chi connectivity index (χ3v) is 5.57. The summed E-state index contributed by atoms with van der Waals surface area (Å²) in [6.07, 6.45) is 4.56. The van der Waals surface area contributed by atoms with Crippen molar-refractivity contribution in [1.82, 2.24) is 4.98 Å². The van der Waals surface area contributed by atoms with Gasteiger partial charge in [-0.1, -0.05) is 24.4 Å². The number of thiophene rings is 1. The monoisotopic (exact) mass is 284 g/mol. The summed E-state index contributed by atoms with van der Waals surface area (Å²) in [5.74, 6) is 0. The Kier molecular flexibility index (Phi) is 2.99. The molecule has 1 aliphatic rings. The maximum atomic E-state index is 6.40. The van der Waals surface area contributed by atoms with Crippen LogP contribution in [0.1, 0.15) is 30.7 Å². The molecule has 90 valence electrons. The van der Waals surface area contributed by atoms with Gasteiger partial charge in [0.05, 0.1) is 20.4 Å². The Labute approximate surface area is 113 Å². The molecule has 5 heteroatoms. The van der Waals surface area contributed by atoms with Crippen LogP contribution in [0.2, 0.25) is 4.34 Å². The van der Waals surface area contributed by atoms with E-state index in [0.717, 1.165) is 32.8 Å². The molecule has 3 rings (SSSR count). The molecule has 0 radical (unpaired) electrons. The quantitative estimate of drug-likeness (QED) is 0.895. The molecule has 1 fully saturated rings. The highest BCUT2D eigenvalue weighted by Crippen LogP contribution is 2.40. The maximum absolute atomic E-state index is 6.40. The van der Waals surface area contributed by atoms with Gasteiger partial charge in [-0.3, -0.25) is 0 Å². The van der Waals surface area contributed by atoms with E-state index in [2.05, 4.69) is 5.38 Å². The Hall–Kier alpha value is -0.420. The Morgan fingerprint density at radius 1 is 1.29 bits per heavy atom. The fraction of sp³-hybridized carbons (Fsp3) is 0.417. The maximum Gasteiger partial charge on any atom is 0.113 e. The van der Waals surface area contributed by atoms with Crippen LogP contribution >= 0.6 is 34.3 Å². The van der Waals surface area contributed by atoms with Crippen LogP contribution < -0.4 is 5.73 Å². The molecule has 2 N–H and O–H groups in total. The number of nitrogens with zero attached hydrogens (tertiary/aromatic N) is 1. The van der Waals surface area contributed by atoms with Gasteiger partial charge in [0.2, 0.25) is 0 Å². The number of thiazole rings is 1. The van der Waals surface area contributed by atoms with Crippen molar-refractivity contribution in [1.29, 1.82) is 0 Å². The first-order chi connectivity index (χ1) is 8.17. The first-order valence-electron chi connectivity index (χ1n) is 5.68. The molecule has 2 aromatic heterocycles. The lowest BCUT2D eigenvalue weighted by molar-refractivity contribution is 0.459. The van der Waals surface area contributed by atoms with Crippen molar-refractivity contribution in [2.45, 2.75) is 31.2 Å². The zero-order chi connectivity index (χ0) is 11.9. The van der Waals surface area contributed by atoms with Crippen LogP contribution in [0, 0.1) is 0 Å². The molecule has 0 unspecified atom stereocenters. The zero-order valence-corrected chi connectivity index (χ0v) is 11.7. The summed E-state index contributed by atoms with van der Waals surface area (Å²) in [6.45, 7) is 0. The van der Waals surface area contributed by atoms with Crippen molar-refractivity contribution in [2.75, 3.05) is 0 Å². The van der Waals surface area contributed by atoms with Crippen molar-refractivity contribution in [3.63, 3.8) is 0 Å². The molecule has 0 aliphatic heterocycles. The summed E-state index contributed by atoms with van der Waals surface area (Å²) in [5.41, 5.74) is 7.24. The fourth-order valence-corrected chi connectivity index (χ4v) is 4.36. The molecule has 1 aliphatic carbocycles. The third kappa shape index (κ3) is 2.15. The molecular formula is C12H13ClN2S2. The van der Waals surface area contributed by atoms with E-state index in [4.69, 9.17) is 22.3 Å². The highest BCUT2D eigenvalue weighted by atomic mass is 35.5. The fourth-order valence-electron chi connectivity index (χ4n) is 2.29. The van der Waals surface area contributed by atoms with Crippen LogP contribution in [0.25, 0.3) is 10.6 Å². The second kappa shape index (κ2) is 4.35. The van der Waals surface area contributed by atoms with Crippen molar-refractivity contribution in [2.24, 2.45) is 5.73 Å². The number of nitrogens with two attached hydrogens (primary N) is 1. The standard InChI is InChI=1S/C12H13ClN2S2/c13-10-4-3-9(17-10)8-7-16-11(15-8)12(14)5-1-2-6-12/h3-4,7H,1-2,5-6,14H2. The zero-order valence-electron chi connectivity index (χ0n) is 9.28. The van der Waals surface area contributed by atoms with E-state index in [0.29, 0.717) is 0 Å². The SMILES string of the molecule is NC1(c2nc(-c3ccc(Cl)s3)cs2)CCCC1. The lowest BCUT2D eigenvalue weighted by Crippen LogP contribution is -2.32. The number of rotatable bonds is 2. The lowest BCUT2D eigenvalue weighted by atomic mass is 10.0. The van der Waals surface area contributed by atoms with Gasteiger partial charge in [0.25, 0.3) is 0 Å². The average molecular weight is 285 g/mol. The van der Waals surface area contributed by atoms with E-state index >= 15 is 0 Å². The minimum Gasteiger partial charge on any atom is -0.319 e. The summed E-state index contributed by atoms with van der Waals surface area (Å²) in [6, 6.07) is 3.93. The summed E-state index contributed by atoms with van der Waals surface area (Å²) in [5, 5.41) is 3.17. The Morgan fingerprint density at radius 2 is 2.06 bits per heavy atom. The number of halogens is 1. The van der Waals surface area contributed by atoms with Gasteiger partial charge in [-0.25, -0.2) is 4.98 Å². The predicted octanol–water partition coefficient (Wildman–Crippen LogP) is 4.25. The van der Waals surface area contributed by atoms with Crippen LogP contribution in [0.4, 0.5) is 0 Å². The molecule has 2 nitrogen and oxygen atoms in total. The van der Waals surface area contributed by atoms with Crippen LogP contribution in [0.15, 0.2) is 17.5 Å². The van der Waals surface area contributed by atoms with E-state index in [1.54, 1.807) is 22.7 Å². The van der Waals surface area contributed by atoms with Gasteiger partial charge >= 0.3 is 0 Å². The molecule has 2 aromatic rings. The molecule has 0 atom stereocenters. The van der Waals surface area contributed by atoms with E-state index in [-0.39, 0.29) is 5.54 Å². The summed E-state index contributed by atoms with van der Waals surface area (Å²) < 4.78 is 0.804. The number of hydrogen-bond donors (Lipinski definition) is 1. The number of hydrogen-bond acceptors (Lipinski definition) is 4. The topological polar surface area (TPSA) is 38.9 Å². The van der Waals surface area contributed by atoms with Crippen LogP contribution in [0.5, 0.6) is 0 Å². The van der Waals surface area contributed by atoms with Crippen molar-refractivity contribution in [3.8, 4) is 10.6 Å². The Balaban J connectivity index is 1.92. The Bertz CT molecular complexity index is 526. The highest BCUT2D eigenvalue weighted by Gasteiger charge is 2.34. The minimum absolute atomic E-state index is 0.177. The van der Waals surface area contributed by atoms with Gasteiger partial charge < -0.3 is 5.73 Å². The van der Waals surface area contributed by atoms with Crippen molar-refractivity contribution >= 4 is 34.3 Å². The molecule has 0 bridgehead atoms. The summed E-state index contributed by atoms with van der Waals surface area (Å²) in [7, 11) is 0. The molecule has 17 heavy (non-hydrogen) atoms. The second-order valence-corrected chi connectivity index (χ2v) is 7.08. The van der Waals surface area contributed by atoms with Crippen LogP contribution in [-0.4, -0.2) is 4.98 Å². The van der Waals surface area contributed by atoms with Gasteiger partial charge in [0.15, 0.2) is 0 Å². The predicted molar refractivity (Wildman–Crippen MR) is 74.8 cm³/mol. The first kappa shape index (κ1) is 11.7. The smallest absolute Gasteiger partial charge is 0.113 e. The molecule has 0 spiro atoms. The first-order valence-corrected chi connectivity index (χ1v) is 7.75. The average Bonchev–Trinajstić information content (AvgIpc) is 2.96. The Morgan fingerprint density at radius 3 is 2.71 bits per heavy atom. The molecule has 1 saturated carbocycles. The molecule has 0 saturated heterocycles. The third-order valence-electron chi connectivity index (χ3n) is 3.25. The van der Waals surface area contributed by atoms with E-state index < -0.39 is 0 Å². The minimum atomic E-state index is -0.177. The van der Waals surface area contributed by atoms with E-state index in [9.17, 15) is 0 Å². The summed E-state index contributed by atoms with van der Waals surface area (Å²) >= 11 is 9.18. The molecule has 2 heterocycles. The number of aromatic nitrogens is 1. The van der Waals surface area contributed by atoms with Crippen LogP contribution in [0.3, 0.4) is 0 Å². The van der Waals surface area contributed by atoms with Crippen molar-refractivity contribution in [3.05, 3.63) is 26.9 Å². The van der Waals surface area contributed by atoms with Gasteiger partial charge in [-0.15, -0.1) is 22.7 Å². The van der Waals surface area contributed by atoms with Crippen molar-refractivity contribution < 1.29 is 0 Å². The second-order valence-electron chi connectivity index (χ2n) is 4.50. The van der Waals surface area contributed by atoms with E-state index in [1.807, 2.05) is 12.1 Å².